The fourth-order valence-electron chi connectivity index (χ4n) is 4.31. The van der Waals surface area contributed by atoms with Gasteiger partial charge in [-0.15, -0.1) is 0 Å². The highest BCUT2D eigenvalue weighted by Gasteiger charge is 2.38. The van der Waals surface area contributed by atoms with Crippen molar-refractivity contribution in [3.63, 3.8) is 0 Å². The van der Waals surface area contributed by atoms with Crippen molar-refractivity contribution in [3.05, 3.63) is 47.5 Å². The molecule has 0 spiro atoms. The number of aryl methyl sites for hydroxylation is 1. The molecule has 102 valence electrons. The molecule has 19 heavy (non-hydrogen) atoms. The lowest BCUT2D eigenvalue weighted by atomic mass is 9.74. The predicted octanol–water partition coefficient (Wildman–Crippen LogP) is 5.48. The quantitative estimate of drug-likeness (QED) is 0.613. The van der Waals surface area contributed by atoms with Crippen molar-refractivity contribution < 1.29 is 0 Å². The van der Waals surface area contributed by atoms with Crippen LogP contribution in [0.2, 0.25) is 0 Å². The molecule has 4 atom stereocenters. The molecule has 0 aliphatic heterocycles. The molecule has 0 aromatic heterocycles. The van der Waals surface area contributed by atoms with E-state index in [-0.39, 0.29) is 0 Å². The van der Waals surface area contributed by atoms with Crippen LogP contribution in [-0.4, -0.2) is 0 Å². The Kier molecular flexibility index (Phi) is 3.52. The smallest absolute Gasteiger partial charge is 0.0156 e. The molecule has 0 N–H and O–H groups in total. The Morgan fingerprint density at radius 2 is 1.68 bits per heavy atom. The van der Waals surface area contributed by atoms with Gasteiger partial charge >= 0.3 is 0 Å². The summed E-state index contributed by atoms with van der Waals surface area (Å²) in [5, 5.41) is 0. The van der Waals surface area contributed by atoms with E-state index in [9.17, 15) is 0 Å². The predicted molar refractivity (Wildman–Crippen MR) is 82.3 cm³/mol. The normalized spacial score (nSPS) is 34.0. The highest BCUT2D eigenvalue weighted by molar-refractivity contribution is 5.26. The highest BCUT2D eigenvalue weighted by atomic mass is 14.4. The molecule has 1 aromatic rings. The molecule has 4 unspecified atom stereocenters. The Balaban J connectivity index is 1.69. The van der Waals surface area contributed by atoms with Crippen LogP contribution in [0.3, 0.4) is 0 Å². The summed E-state index contributed by atoms with van der Waals surface area (Å²) in [5.74, 6) is 3.57. The van der Waals surface area contributed by atoms with Crippen molar-refractivity contribution in [1.82, 2.24) is 0 Å². The first-order valence-electron chi connectivity index (χ1n) is 7.85. The summed E-state index contributed by atoms with van der Waals surface area (Å²) in [6, 6.07) is 9.25. The average molecular weight is 254 g/mol. The van der Waals surface area contributed by atoms with E-state index in [1.165, 1.54) is 43.2 Å². The number of hydrogen-bond donors (Lipinski definition) is 0. The van der Waals surface area contributed by atoms with Crippen LogP contribution in [0, 0.1) is 24.7 Å². The van der Waals surface area contributed by atoms with Gasteiger partial charge in [0, 0.05) is 0 Å². The van der Waals surface area contributed by atoms with E-state index < -0.39 is 0 Å². The summed E-state index contributed by atoms with van der Waals surface area (Å²) in [5.41, 5.74) is 4.37. The highest BCUT2D eigenvalue weighted by Crippen LogP contribution is 2.51. The fourth-order valence-corrected chi connectivity index (χ4v) is 4.31. The van der Waals surface area contributed by atoms with E-state index in [4.69, 9.17) is 0 Å². The fraction of sp³-hybridized carbons (Fsp3) is 0.579. The van der Waals surface area contributed by atoms with Gasteiger partial charge in [-0.25, -0.2) is 0 Å². The molecule has 0 amide bonds. The molecule has 2 saturated carbocycles. The molecular formula is C19H26. The molecular weight excluding hydrogens is 228 g/mol. The molecule has 1 aromatic carbocycles. The summed E-state index contributed by atoms with van der Waals surface area (Å²) in [6.07, 6.45) is 7.07. The van der Waals surface area contributed by atoms with Crippen molar-refractivity contribution in [2.45, 2.75) is 51.9 Å². The lowest BCUT2D eigenvalue weighted by Crippen LogP contribution is -2.20. The molecule has 0 bridgehead atoms. The second-order valence-electron chi connectivity index (χ2n) is 6.96. The minimum absolute atomic E-state index is 0.804. The molecule has 0 saturated heterocycles. The maximum Gasteiger partial charge on any atom is -0.0156 e. The van der Waals surface area contributed by atoms with Crippen LogP contribution in [-0.2, 0) is 0 Å². The van der Waals surface area contributed by atoms with Crippen LogP contribution in [0.5, 0.6) is 0 Å². The largest absolute Gasteiger partial charge is 0.0999 e. The molecule has 2 fully saturated rings. The van der Waals surface area contributed by atoms with Crippen molar-refractivity contribution in [2.24, 2.45) is 17.8 Å². The van der Waals surface area contributed by atoms with Crippen LogP contribution < -0.4 is 0 Å². The second-order valence-corrected chi connectivity index (χ2v) is 6.96. The monoisotopic (exact) mass is 254 g/mol. The van der Waals surface area contributed by atoms with Crippen LogP contribution in [0.15, 0.2) is 36.4 Å². The summed E-state index contributed by atoms with van der Waals surface area (Å²) in [6.45, 7) is 8.58. The van der Waals surface area contributed by atoms with E-state index in [0.717, 1.165) is 23.7 Å². The standard InChI is InChI=1S/C19H26/c1-13(2)16-8-9-17-11-18(12-19(17)10-16)15-6-4-14(3)5-7-15/h4-7,16-19H,1,8-12H2,2-3H3. The minimum atomic E-state index is 0.804. The SMILES string of the molecule is C=C(C)C1CCC2CC(c3ccc(C)cc3)CC2C1. The Hall–Kier alpha value is -1.04. The first-order chi connectivity index (χ1) is 9.13. The van der Waals surface area contributed by atoms with Crippen molar-refractivity contribution in [3.8, 4) is 0 Å². The maximum absolute atomic E-state index is 4.18. The number of fused-ring (bicyclic) bond motifs is 1. The number of allylic oxidation sites excluding steroid dienone is 1. The summed E-state index contributed by atoms with van der Waals surface area (Å²) in [4.78, 5) is 0. The van der Waals surface area contributed by atoms with Gasteiger partial charge in [-0.1, -0.05) is 42.0 Å². The van der Waals surface area contributed by atoms with Gasteiger partial charge < -0.3 is 0 Å². The zero-order chi connectivity index (χ0) is 13.4. The lowest BCUT2D eigenvalue weighted by Gasteiger charge is -2.32. The number of benzene rings is 1. The molecule has 0 heterocycles. The second kappa shape index (κ2) is 5.15. The van der Waals surface area contributed by atoms with Crippen LogP contribution in [0.1, 0.15) is 56.1 Å². The van der Waals surface area contributed by atoms with Gasteiger partial charge in [0.1, 0.15) is 0 Å². The van der Waals surface area contributed by atoms with Gasteiger partial charge in [0.2, 0.25) is 0 Å². The van der Waals surface area contributed by atoms with Crippen LogP contribution in [0.25, 0.3) is 0 Å². The molecule has 2 aliphatic carbocycles. The lowest BCUT2D eigenvalue weighted by molar-refractivity contribution is 0.230. The molecule has 0 nitrogen and oxygen atoms in total. The first-order valence-corrected chi connectivity index (χ1v) is 7.85. The summed E-state index contributed by atoms with van der Waals surface area (Å²) >= 11 is 0. The maximum atomic E-state index is 4.18. The van der Waals surface area contributed by atoms with Crippen molar-refractivity contribution in [1.29, 1.82) is 0 Å². The molecule has 0 radical (unpaired) electrons. The number of hydrogen-bond acceptors (Lipinski definition) is 0. The third-order valence-electron chi connectivity index (χ3n) is 5.56. The van der Waals surface area contributed by atoms with Crippen molar-refractivity contribution in [2.75, 3.05) is 0 Å². The Bertz CT molecular complexity index is 453. The average Bonchev–Trinajstić information content (AvgIpc) is 2.82. The molecule has 0 heteroatoms. The van der Waals surface area contributed by atoms with Gasteiger partial charge in [-0.2, -0.15) is 0 Å². The Labute approximate surface area is 117 Å². The summed E-state index contributed by atoms with van der Waals surface area (Å²) in [7, 11) is 0. The molecule has 3 rings (SSSR count). The van der Waals surface area contributed by atoms with E-state index in [2.05, 4.69) is 44.7 Å². The third-order valence-corrected chi connectivity index (χ3v) is 5.56. The van der Waals surface area contributed by atoms with E-state index in [1.807, 2.05) is 0 Å². The zero-order valence-corrected chi connectivity index (χ0v) is 12.4. The van der Waals surface area contributed by atoms with E-state index in [1.54, 1.807) is 5.56 Å². The van der Waals surface area contributed by atoms with Gasteiger partial charge in [0.05, 0.1) is 0 Å². The third kappa shape index (κ3) is 2.63. The topological polar surface area (TPSA) is 0 Å². The van der Waals surface area contributed by atoms with E-state index in [0.29, 0.717) is 0 Å². The van der Waals surface area contributed by atoms with Gasteiger partial charge in [-0.05, 0) is 75.2 Å². The van der Waals surface area contributed by atoms with E-state index >= 15 is 0 Å². The van der Waals surface area contributed by atoms with Gasteiger partial charge in [0.15, 0.2) is 0 Å². The van der Waals surface area contributed by atoms with Crippen LogP contribution in [0.4, 0.5) is 0 Å². The van der Waals surface area contributed by atoms with Crippen molar-refractivity contribution >= 4 is 0 Å². The first kappa shape index (κ1) is 13.0. The van der Waals surface area contributed by atoms with Gasteiger partial charge in [0.25, 0.3) is 0 Å². The Morgan fingerprint density at radius 1 is 1.00 bits per heavy atom. The Morgan fingerprint density at radius 3 is 2.37 bits per heavy atom. The molecule has 2 aliphatic rings. The zero-order valence-electron chi connectivity index (χ0n) is 12.4. The van der Waals surface area contributed by atoms with Gasteiger partial charge in [-0.3, -0.25) is 0 Å². The minimum Gasteiger partial charge on any atom is -0.0999 e. The van der Waals surface area contributed by atoms with Crippen LogP contribution >= 0.6 is 0 Å². The number of rotatable bonds is 2. The summed E-state index contributed by atoms with van der Waals surface area (Å²) < 4.78 is 0.